The molecule has 5 rings (SSSR count). The standard InChI is InChI=1S/C29H33BrN2O/c1-20-9-15-23(16-10-20)31-19-25-26(17-29(2,3)18-27(25)33)32(24-7-5-4-6-8-24)28(31)21-11-13-22(30)14-12-21/h4-16,25-28,33H,17-19H2,1-3H3. The number of aryl methyl sites for hydroxylation is 1. The van der Waals surface area contributed by atoms with Gasteiger partial charge in [-0.25, -0.2) is 0 Å². The zero-order chi connectivity index (χ0) is 23.2. The van der Waals surface area contributed by atoms with Gasteiger partial charge in [0.1, 0.15) is 6.17 Å². The first kappa shape index (κ1) is 22.5. The molecule has 2 aliphatic rings. The average Bonchev–Trinajstić information content (AvgIpc) is 2.79. The molecule has 2 fully saturated rings. The Labute approximate surface area is 206 Å². The van der Waals surface area contributed by atoms with E-state index in [0.29, 0.717) is 0 Å². The Balaban J connectivity index is 1.69. The van der Waals surface area contributed by atoms with Crippen LogP contribution in [0.4, 0.5) is 11.4 Å². The van der Waals surface area contributed by atoms with Crippen LogP contribution in [-0.4, -0.2) is 23.8 Å². The van der Waals surface area contributed by atoms with Gasteiger partial charge in [0, 0.05) is 34.4 Å². The largest absolute Gasteiger partial charge is 0.393 e. The summed E-state index contributed by atoms with van der Waals surface area (Å²) >= 11 is 3.62. The highest BCUT2D eigenvalue weighted by Crippen LogP contribution is 2.49. The normalized spacial score (nSPS) is 26.7. The second-order valence-corrected chi connectivity index (χ2v) is 11.4. The summed E-state index contributed by atoms with van der Waals surface area (Å²) in [4.78, 5) is 5.08. The molecule has 172 valence electrons. The molecule has 33 heavy (non-hydrogen) atoms. The maximum absolute atomic E-state index is 11.3. The Morgan fingerprint density at radius 2 is 1.52 bits per heavy atom. The Morgan fingerprint density at radius 1 is 0.848 bits per heavy atom. The van der Waals surface area contributed by atoms with E-state index in [2.05, 4.69) is 125 Å². The molecule has 0 aromatic heterocycles. The molecule has 3 aromatic rings. The van der Waals surface area contributed by atoms with Gasteiger partial charge in [0.25, 0.3) is 0 Å². The number of benzene rings is 3. The summed E-state index contributed by atoms with van der Waals surface area (Å²) in [5.74, 6) is 0.186. The number of rotatable bonds is 3. The summed E-state index contributed by atoms with van der Waals surface area (Å²) in [6.07, 6.45) is 1.65. The molecule has 1 saturated carbocycles. The van der Waals surface area contributed by atoms with Crippen molar-refractivity contribution in [1.82, 2.24) is 0 Å². The van der Waals surface area contributed by atoms with Crippen molar-refractivity contribution in [3.05, 3.63) is 94.5 Å². The van der Waals surface area contributed by atoms with Crippen molar-refractivity contribution in [2.75, 3.05) is 16.3 Å². The van der Waals surface area contributed by atoms with Crippen LogP contribution >= 0.6 is 15.9 Å². The van der Waals surface area contributed by atoms with E-state index in [-0.39, 0.29) is 29.6 Å². The number of aliphatic hydroxyl groups is 1. The fraction of sp³-hybridized carbons (Fsp3) is 0.379. The van der Waals surface area contributed by atoms with Crippen LogP contribution in [0, 0.1) is 18.3 Å². The quantitative estimate of drug-likeness (QED) is 0.417. The lowest BCUT2D eigenvalue weighted by Gasteiger charge is -2.59. The predicted molar refractivity (Wildman–Crippen MR) is 141 cm³/mol. The lowest BCUT2D eigenvalue weighted by Crippen LogP contribution is -2.63. The molecule has 4 unspecified atom stereocenters. The predicted octanol–water partition coefficient (Wildman–Crippen LogP) is 6.95. The molecule has 3 nitrogen and oxygen atoms in total. The van der Waals surface area contributed by atoms with Crippen molar-refractivity contribution in [1.29, 1.82) is 0 Å². The first-order valence-corrected chi connectivity index (χ1v) is 12.7. The molecule has 1 aliphatic carbocycles. The summed E-state index contributed by atoms with van der Waals surface area (Å²) in [5.41, 5.74) is 5.03. The second-order valence-electron chi connectivity index (χ2n) is 10.5. The average molecular weight is 506 g/mol. The van der Waals surface area contributed by atoms with Crippen molar-refractivity contribution in [2.24, 2.45) is 11.3 Å². The third-order valence-electron chi connectivity index (χ3n) is 7.42. The first-order valence-electron chi connectivity index (χ1n) is 11.9. The van der Waals surface area contributed by atoms with Gasteiger partial charge in [-0.05, 0) is 67.1 Å². The Morgan fingerprint density at radius 3 is 2.18 bits per heavy atom. The van der Waals surface area contributed by atoms with Gasteiger partial charge in [-0.15, -0.1) is 0 Å². The van der Waals surface area contributed by atoms with Gasteiger partial charge < -0.3 is 14.9 Å². The van der Waals surface area contributed by atoms with Gasteiger partial charge in [-0.2, -0.15) is 0 Å². The summed E-state index contributed by atoms with van der Waals surface area (Å²) < 4.78 is 1.09. The highest BCUT2D eigenvalue weighted by Gasteiger charge is 2.50. The molecule has 4 heteroatoms. The fourth-order valence-electron chi connectivity index (χ4n) is 5.87. The molecular formula is C29H33BrN2O. The number of halogens is 1. The van der Waals surface area contributed by atoms with E-state index < -0.39 is 0 Å². The van der Waals surface area contributed by atoms with Crippen LogP contribution < -0.4 is 9.80 Å². The van der Waals surface area contributed by atoms with E-state index in [1.165, 1.54) is 22.5 Å². The van der Waals surface area contributed by atoms with Gasteiger partial charge in [-0.3, -0.25) is 0 Å². The highest BCUT2D eigenvalue weighted by molar-refractivity contribution is 9.10. The molecule has 0 amide bonds. The van der Waals surface area contributed by atoms with Crippen LogP contribution in [0.2, 0.25) is 0 Å². The summed E-state index contributed by atoms with van der Waals surface area (Å²) in [6, 6.07) is 28.6. The number of fused-ring (bicyclic) bond motifs is 1. The molecular weight excluding hydrogens is 472 g/mol. The first-order chi connectivity index (χ1) is 15.8. The molecule has 0 spiro atoms. The van der Waals surface area contributed by atoms with Gasteiger partial charge >= 0.3 is 0 Å². The maximum Gasteiger partial charge on any atom is 0.128 e. The molecule has 4 atom stereocenters. The van der Waals surface area contributed by atoms with Crippen molar-refractivity contribution < 1.29 is 5.11 Å². The minimum atomic E-state index is -0.316. The van der Waals surface area contributed by atoms with E-state index in [4.69, 9.17) is 0 Å². The number of aliphatic hydroxyl groups excluding tert-OH is 1. The van der Waals surface area contributed by atoms with Crippen molar-refractivity contribution in [2.45, 2.75) is 51.9 Å². The van der Waals surface area contributed by atoms with Crippen molar-refractivity contribution in [3.8, 4) is 0 Å². The summed E-state index contributed by atoms with van der Waals surface area (Å²) in [7, 11) is 0. The molecule has 3 aromatic carbocycles. The van der Waals surface area contributed by atoms with Crippen LogP contribution in [0.3, 0.4) is 0 Å². The fourth-order valence-corrected chi connectivity index (χ4v) is 6.14. The maximum atomic E-state index is 11.3. The zero-order valence-electron chi connectivity index (χ0n) is 19.7. The number of anilines is 2. The number of para-hydroxylation sites is 1. The monoisotopic (exact) mass is 504 g/mol. The van der Waals surface area contributed by atoms with Gasteiger partial charge in [0.15, 0.2) is 0 Å². The van der Waals surface area contributed by atoms with Crippen LogP contribution in [-0.2, 0) is 0 Å². The highest BCUT2D eigenvalue weighted by atomic mass is 79.9. The van der Waals surface area contributed by atoms with E-state index >= 15 is 0 Å². The number of hydrogen-bond donors (Lipinski definition) is 1. The van der Waals surface area contributed by atoms with Crippen LogP contribution in [0.5, 0.6) is 0 Å². The summed E-state index contributed by atoms with van der Waals surface area (Å²) in [6.45, 7) is 7.58. The Hall–Kier alpha value is -2.30. The zero-order valence-corrected chi connectivity index (χ0v) is 21.2. The minimum Gasteiger partial charge on any atom is -0.393 e. The number of hydrogen-bond acceptors (Lipinski definition) is 3. The van der Waals surface area contributed by atoms with Gasteiger partial charge in [0.2, 0.25) is 0 Å². The lowest BCUT2D eigenvalue weighted by molar-refractivity contribution is -0.00719. The SMILES string of the molecule is Cc1ccc(N2CC3C(O)CC(C)(C)CC3N(c3ccccc3)C2c2ccc(Br)cc2)cc1. The molecule has 0 bridgehead atoms. The van der Waals surface area contributed by atoms with E-state index in [9.17, 15) is 5.11 Å². The molecule has 0 radical (unpaired) electrons. The van der Waals surface area contributed by atoms with E-state index in [0.717, 1.165) is 23.9 Å². The molecule has 1 N–H and O–H groups in total. The lowest BCUT2D eigenvalue weighted by atomic mass is 9.66. The van der Waals surface area contributed by atoms with Crippen molar-refractivity contribution >= 4 is 27.3 Å². The van der Waals surface area contributed by atoms with Gasteiger partial charge in [-0.1, -0.05) is 77.8 Å². The van der Waals surface area contributed by atoms with Crippen LogP contribution in [0.15, 0.2) is 83.3 Å². The minimum absolute atomic E-state index is 0.0468. The van der Waals surface area contributed by atoms with E-state index in [1.807, 2.05) is 0 Å². The third kappa shape index (κ3) is 4.43. The third-order valence-corrected chi connectivity index (χ3v) is 7.95. The molecule has 1 saturated heterocycles. The van der Waals surface area contributed by atoms with Gasteiger partial charge in [0.05, 0.1) is 6.10 Å². The topological polar surface area (TPSA) is 26.7 Å². The summed E-state index contributed by atoms with van der Waals surface area (Å²) in [5, 5.41) is 11.3. The van der Waals surface area contributed by atoms with Crippen LogP contribution in [0.25, 0.3) is 0 Å². The second kappa shape index (κ2) is 8.81. The smallest absolute Gasteiger partial charge is 0.128 e. The Bertz CT molecular complexity index is 1080. The number of nitrogens with zero attached hydrogens (tertiary/aromatic N) is 2. The Kier molecular flexibility index (Phi) is 6.00. The van der Waals surface area contributed by atoms with E-state index in [1.54, 1.807) is 0 Å². The molecule has 1 heterocycles. The van der Waals surface area contributed by atoms with Crippen LogP contribution in [0.1, 0.15) is 44.0 Å². The van der Waals surface area contributed by atoms with Crippen molar-refractivity contribution in [3.63, 3.8) is 0 Å². The molecule has 1 aliphatic heterocycles.